The molecule has 0 aliphatic carbocycles. The van der Waals surface area contributed by atoms with Gasteiger partial charge in [-0.15, -0.1) is 0 Å². The van der Waals surface area contributed by atoms with E-state index >= 15 is 0 Å². The molecule has 1 aromatic carbocycles. The van der Waals surface area contributed by atoms with Crippen LogP contribution in [0.15, 0.2) is 52.6 Å². The Morgan fingerprint density at radius 2 is 1.93 bits per heavy atom. The van der Waals surface area contributed by atoms with Crippen molar-refractivity contribution >= 4 is 34.0 Å². The molecule has 1 atom stereocenters. The molecular weight excluding hydrogens is 392 g/mol. The first-order valence-electron chi connectivity index (χ1n) is 10.6. The fourth-order valence-corrected chi connectivity index (χ4v) is 4.65. The number of pyridine rings is 1. The Hall–Kier alpha value is -2.51. The normalized spacial score (nSPS) is 13.7. The molecule has 4 aromatic rings. The molecule has 0 radical (unpaired) electrons. The molecule has 0 aliphatic rings. The van der Waals surface area contributed by atoms with E-state index in [0.29, 0.717) is 5.65 Å². The number of hydrogen-bond donors (Lipinski definition) is 2. The number of nitrogens with zero attached hydrogens (tertiary/aromatic N) is 4. The van der Waals surface area contributed by atoms with Crippen LogP contribution in [0.1, 0.15) is 51.8 Å². The predicted octanol–water partition coefficient (Wildman–Crippen LogP) is 5.28. The second kappa shape index (κ2) is 9.10. The quantitative estimate of drug-likeness (QED) is 0.358. The molecule has 0 fully saturated rings. The second-order valence-electron chi connectivity index (χ2n) is 8.10. The van der Waals surface area contributed by atoms with Crippen molar-refractivity contribution in [1.82, 2.24) is 24.9 Å². The van der Waals surface area contributed by atoms with E-state index < -0.39 is 0 Å². The third-order valence-corrected chi connectivity index (χ3v) is 6.27. The minimum absolute atomic E-state index is 0.0605. The third kappa shape index (κ3) is 4.96. The van der Waals surface area contributed by atoms with E-state index in [-0.39, 0.29) is 5.54 Å². The average Bonchev–Trinajstić information content (AvgIpc) is 3.14. The van der Waals surface area contributed by atoms with Gasteiger partial charge in [-0.3, -0.25) is 4.98 Å². The van der Waals surface area contributed by atoms with Gasteiger partial charge in [0, 0.05) is 28.4 Å². The molecule has 0 saturated carbocycles. The summed E-state index contributed by atoms with van der Waals surface area (Å²) in [6.45, 7) is 4.33. The number of hydrogen-bond acceptors (Lipinski definition) is 6. The molecule has 3 N–H and O–H groups in total. The van der Waals surface area contributed by atoms with Gasteiger partial charge in [-0.25, -0.2) is 15.0 Å². The Morgan fingerprint density at radius 3 is 2.80 bits per heavy atom. The smallest absolute Gasteiger partial charge is 0.198 e. The summed E-state index contributed by atoms with van der Waals surface area (Å²) in [5.41, 5.74) is 8.66. The van der Waals surface area contributed by atoms with Crippen LogP contribution in [-0.4, -0.2) is 30.5 Å². The van der Waals surface area contributed by atoms with Crippen molar-refractivity contribution in [3.05, 3.63) is 48.5 Å². The molecule has 0 bridgehead atoms. The highest BCUT2D eigenvalue weighted by Gasteiger charge is 2.16. The minimum atomic E-state index is -0.0605. The Morgan fingerprint density at radius 1 is 1.07 bits per heavy atom. The van der Waals surface area contributed by atoms with Crippen LogP contribution in [0.5, 0.6) is 0 Å². The van der Waals surface area contributed by atoms with Gasteiger partial charge >= 0.3 is 0 Å². The highest BCUT2D eigenvalue weighted by atomic mass is 32.2. The average molecular weight is 421 g/mol. The van der Waals surface area contributed by atoms with Crippen LogP contribution in [-0.2, 0) is 6.42 Å². The summed E-state index contributed by atoms with van der Waals surface area (Å²) in [5, 5.41) is 1.94. The minimum Gasteiger partial charge on any atom is -0.325 e. The van der Waals surface area contributed by atoms with Crippen LogP contribution in [0.25, 0.3) is 22.2 Å². The van der Waals surface area contributed by atoms with E-state index in [1.165, 1.54) is 0 Å². The number of nitrogens with one attached hydrogen (secondary N) is 1. The number of benzene rings is 1. The maximum atomic E-state index is 6.33. The number of nitrogens with two attached hydrogens (primary N) is 1. The van der Waals surface area contributed by atoms with Crippen LogP contribution in [0, 0.1) is 0 Å². The van der Waals surface area contributed by atoms with E-state index in [4.69, 9.17) is 10.7 Å². The van der Waals surface area contributed by atoms with Crippen LogP contribution < -0.4 is 5.73 Å². The summed E-state index contributed by atoms with van der Waals surface area (Å²) in [4.78, 5) is 22.7. The van der Waals surface area contributed by atoms with Crippen molar-refractivity contribution in [2.24, 2.45) is 5.73 Å². The van der Waals surface area contributed by atoms with E-state index in [0.717, 1.165) is 70.8 Å². The second-order valence-corrected chi connectivity index (χ2v) is 9.17. The first kappa shape index (κ1) is 20.8. The third-order valence-electron chi connectivity index (χ3n) is 5.29. The SMILES string of the molecule is CCCC(C)(N)CCCCc1nc2nc(Sc3ccnc4ccccc34)cnc2[nH]1. The van der Waals surface area contributed by atoms with E-state index in [1.807, 2.05) is 30.5 Å². The van der Waals surface area contributed by atoms with Gasteiger partial charge in [-0.1, -0.05) is 49.7 Å². The van der Waals surface area contributed by atoms with Gasteiger partial charge < -0.3 is 10.7 Å². The maximum absolute atomic E-state index is 6.33. The molecule has 0 aliphatic heterocycles. The Bertz CT molecular complexity index is 1130. The van der Waals surface area contributed by atoms with Gasteiger partial charge in [0.25, 0.3) is 0 Å². The van der Waals surface area contributed by atoms with Crippen LogP contribution in [0.4, 0.5) is 0 Å². The molecule has 30 heavy (non-hydrogen) atoms. The standard InChI is InChI=1S/C23H28N6S/c1-3-12-23(2,24)13-7-6-10-19-27-21-22(28-19)29-20(15-26-21)30-18-11-14-25-17-9-5-4-8-16(17)18/h4-5,8-9,11,14-15H,3,6-7,10,12-13,24H2,1-2H3,(H,26,27,28,29). The van der Waals surface area contributed by atoms with Crippen LogP contribution >= 0.6 is 11.8 Å². The van der Waals surface area contributed by atoms with Crippen molar-refractivity contribution in [2.45, 2.75) is 67.8 Å². The molecule has 156 valence electrons. The molecule has 7 heteroatoms. The molecular formula is C23H28N6S. The van der Waals surface area contributed by atoms with Crippen molar-refractivity contribution in [2.75, 3.05) is 0 Å². The summed E-state index contributed by atoms with van der Waals surface area (Å²) < 4.78 is 0. The summed E-state index contributed by atoms with van der Waals surface area (Å²) in [5.74, 6) is 0.940. The number of fused-ring (bicyclic) bond motifs is 2. The van der Waals surface area contributed by atoms with E-state index in [1.54, 1.807) is 18.0 Å². The van der Waals surface area contributed by atoms with Gasteiger partial charge in [-0.2, -0.15) is 0 Å². The number of aromatic nitrogens is 5. The lowest BCUT2D eigenvalue weighted by atomic mass is 9.91. The van der Waals surface area contributed by atoms with Crippen molar-refractivity contribution in [3.63, 3.8) is 0 Å². The number of aromatic amines is 1. The van der Waals surface area contributed by atoms with E-state index in [9.17, 15) is 0 Å². The van der Waals surface area contributed by atoms with Crippen molar-refractivity contribution < 1.29 is 0 Å². The zero-order valence-electron chi connectivity index (χ0n) is 17.6. The fraction of sp³-hybridized carbons (Fsp3) is 0.391. The largest absolute Gasteiger partial charge is 0.325 e. The van der Waals surface area contributed by atoms with Gasteiger partial charge in [-0.05, 0) is 38.3 Å². The fourth-order valence-electron chi connectivity index (χ4n) is 3.78. The number of rotatable bonds is 9. The van der Waals surface area contributed by atoms with Gasteiger partial charge in [0.2, 0.25) is 0 Å². The number of unbranched alkanes of at least 4 members (excludes halogenated alkanes) is 1. The molecule has 0 amide bonds. The Balaban J connectivity index is 1.42. The number of H-pyrrole nitrogens is 1. The zero-order valence-corrected chi connectivity index (χ0v) is 18.4. The zero-order chi connectivity index (χ0) is 21.0. The number of para-hydroxylation sites is 1. The molecule has 0 spiro atoms. The summed E-state index contributed by atoms with van der Waals surface area (Å²) in [6.07, 6.45) is 9.91. The molecule has 3 heterocycles. The van der Waals surface area contributed by atoms with Crippen molar-refractivity contribution in [3.8, 4) is 0 Å². The van der Waals surface area contributed by atoms with Crippen LogP contribution in [0.3, 0.4) is 0 Å². The predicted molar refractivity (Wildman–Crippen MR) is 123 cm³/mol. The lowest BCUT2D eigenvalue weighted by molar-refractivity contribution is 0.380. The Kier molecular flexibility index (Phi) is 6.29. The topological polar surface area (TPSA) is 93.4 Å². The number of aryl methyl sites for hydroxylation is 1. The molecule has 0 saturated heterocycles. The van der Waals surface area contributed by atoms with Crippen LogP contribution in [0.2, 0.25) is 0 Å². The highest BCUT2D eigenvalue weighted by Crippen LogP contribution is 2.31. The van der Waals surface area contributed by atoms with Gasteiger partial charge in [0.15, 0.2) is 11.3 Å². The van der Waals surface area contributed by atoms with Gasteiger partial charge in [0.05, 0.1) is 11.7 Å². The lowest BCUT2D eigenvalue weighted by Gasteiger charge is -2.23. The first-order chi connectivity index (χ1) is 14.5. The monoisotopic (exact) mass is 420 g/mol. The first-order valence-corrected chi connectivity index (χ1v) is 11.4. The maximum Gasteiger partial charge on any atom is 0.198 e. The summed E-state index contributed by atoms with van der Waals surface area (Å²) >= 11 is 1.59. The van der Waals surface area contributed by atoms with E-state index in [2.05, 4.69) is 39.8 Å². The number of imidazole rings is 1. The lowest BCUT2D eigenvalue weighted by Crippen LogP contribution is -2.35. The van der Waals surface area contributed by atoms with Crippen molar-refractivity contribution in [1.29, 1.82) is 0 Å². The molecule has 6 nitrogen and oxygen atoms in total. The molecule has 3 aromatic heterocycles. The summed E-state index contributed by atoms with van der Waals surface area (Å²) in [6, 6.07) is 10.1. The van der Waals surface area contributed by atoms with Gasteiger partial charge in [0.1, 0.15) is 10.9 Å². The highest BCUT2D eigenvalue weighted by molar-refractivity contribution is 7.99. The molecule has 4 rings (SSSR count). The molecule has 1 unspecified atom stereocenters. The summed E-state index contributed by atoms with van der Waals surface area (Å²) in [7, 11) is 0. The Labute approximate surface area is 181 Å².